The molecule has 1 heterocycles. The molecular weight excluding hydrogens is 136 g/mol. The molecule has 48 valence electrons. The highest BCUT2D eigenvalue weighted by Crippen LogP contribution is 1.96. The summed E-state index contributed by atoms with van der Waals surface area (Å²) in [5, 5.41) is 5.05. The van der Waals surface area contributed by atoms with Gasteiger partial charge in [0.05, 0.1) is 4.90 Å². The van der Waals surface area contributed by atoms with Crippen LogP contribution in [0, 0.1) is 0 Å². The Labute approximate surface area is 55.5 Å². The van der Waals surface area contributed by atoms with Crippen LogP contribution in [0.5, 0.6) is 0 Å². The van der Waals surface area contributed by atoms with Gasteiger partial charge in [-0.25, -0.2) is 9.35 Å². The summed E-state index contributed by atoms with van der Waals surface area (Å²) in [4.78, 5) is 4.29. The SMILES string of the molecule is NS(=O)c1cccnc1. The van der Waals surface area contributed by atoms with Crippen LogP contribution in [0.1, 0.15) is 0 Å². The molecule has 1 rings (SSSR count). The van der Waals surface area contributed by atoms with Crippen LogP contribution >= 0.6 is 0 Å². The van der Waals surface area contributed by atoms with E-state index in [4.69, 9.17) is 5.14 Å². The molecule has 1 aromatic heterocycles. The Morgan fingerprint density at radius 3 is 2.78 bits per heavy atom. The molecule has 4 heteroatoms. The number of nitrogens with two attached hydrogens (primary N) is 1. The molecule has 2 N–H and O–H groups in total. The van der Waals surface area contributed by atoms with Crippen molar-refractivity contribution in [1.82, 2.24) is 4.98 Å². The lowest BCUT2D eigenvalue weighted by molar-refractivity contribution is 0.684. The van der Waals surface area contributed by atoms with E-state index >= 15 is 0 Å². The quantitative estimate of drug-likeness (QED) is 0.603. The molecule has 9 heavy (non-hydrogen) atoms. The highest BCUT2D eigenvalue weighted by atomic mass is 32.2. The van der Waals surface area contributed by atoms with Gasteiger partial charge >= 0.3 is 0 Å². The second kappa shape index (κ2) is 2.70. The molecule has 0 aliphatic carbocycles. The van der Waals surface area contributed by atoms with Crippen LogP contribution < -0.4 is 5.14 Å². The summed E-state index contributed by atoms with van der Waals surface area (Å²) in [5.41, 5.74) is 0. The fourth-order valence-corrected chi connectivity index (χ4v) is 0.844. The smallest absolute Gasteiger partial charge is 0.123 e. The van der Waals surface area contributed by atoms with E-state index in [9.17, 15) is 4.21 Å². The Kier molecular flexibility index (Phi) is 1.92. The van der Waals surface area contributed by atoms with Crippen molar-refractivity contribution in [2.45, 2.75) is 4.90 Å². The van der Waals surface area contributed by atoms with Crippen molar-refractivity contribution in [2.75, 3.05) is 0 Å². The van der Waals surface area contributed by atoms with E-state index in [-0.39, 0.29) is 0 Å². The van der Waals surface area contributed by atoms with E-state index < -0.39 is 11.0 Å². The first-order valence-corrected chi connectivity index (χ1v) is 3.58. The molecule has 1 unspecified atom stereocenters. The van der Waals surface area contributed by atoms with Crippen molar-refractivity contribution in [3.8, 4) is 0 Å². The molecule has 0 fully saturated rings. The zero-order valence-electron chi connectivity index (χ0n) is 4.65. The average Bonchev–Trinajstić information content (AvgIpc) is 1.90. The van der Waals surface area contributed by atoms with E-state index in [1.807, 2.05) is 0 Å². The van der Waals surface area contributed by atoms with Crippen molar-refractivity contribution in [3.63, 3.8) is 0 Å². The Hall–Kier alpha value is -0.740. The number of aromatic nitrogens is 1. The molecule has 0 aliphatic heterocycles. The first-order chi connectivity index (χ1) is 4.30. The second-order valence-electron chi connectivity index (χ2n) is 1.49. The minimum atomic E-state index is -1.39. The molecule has 0 saturated carbocycles. The zero-order valence-corrected chi connectivity index (χ0v) is 5.47. The molecule has 0 aromatic carbocycles. The fraction of sp³-hybridized carbons (Fsp3) is 0. The largest absolute Gasteiger partial charge is 0.263 e. The van der Waals surface area contributed by atoms with Gasteiger partial charge in [-0.2, -0.15) is 0 Å². The fourth-order valence-electron chi connectivity index (χ4n) is 0.466. The summed E-state index contributed by atoms with van der Waals surface area (Å²) >= 11 is 0. The highest BCUT2D eigenvalue weighted by Gasteiger charge is 1.92. The third-order valence-corrected chi connectivity index (χ3v) is 1.57. The molecule has 3 nitrogen and oxygen atoms in total. The van der Waals surface area contributed by atoms with Gasteiger partial charge in [-0.3, -0.25) is 4.98 Å². The summed E-state index contributed by atoms with van der Waals surface area (Å²) in [5.74, 6) is 0. The van der Waals surface area contributed by atoms with Crippen molar-refractivity contribution in [1.29, 1.82) is 0 Å². The molecule has 0 saturated heterocycles. The predicted molar refractivity (Wildman–Crippen MR) is 34.8 cm³/mol. The van der Waals surface area contributed by atoms with E-state index in [1.165, 1.54) is 6.20 Å². The average molecular weight is 142 g/mol. The number of rotatable bonds is 1. The topological polar surface area (TPSA) is 56.0 Å². The van der Waals surface area contributed by atoms with Crippen molar-refractivity contribution >= 4 is 11.0 Å². The van der Waals surface area contributed by atoms with Gasteiger partial charge in [-0.15, -0.1) is 0 Å². The first-order valence-electron chi connectivity index (χ1n) is 2.37. The van der Waals surface area contributed by atoms with Gasteiger partial charge in [0.1, 0.15) is 11.0 Å². The summed E-state index contributed by atoms with van der Waals surface area (Å²) in [6.07, 6.45) is 3.09. The Morgan fingerprint density at radius 1 is 1.67 bits per heavy atom. The number of hydrogen-bond acceptors (Lipinski definition) is 2. The van der Waals surface area contributed by atoms with Gasteiger partial charge in [-0.05, 0) is 12.1 Å². The number of hydrogen-bond donors (Lipinski definition) is 1. The van der Waals surface area contributed by atoms with Gasteiger partial charge in [0.25, 0.3) is 0 Å². The standard InChI is InChI=1S/C5H6N2OS/c6-9(8)5-2-1-3-7-4-5/h1-4H,6H2. The maximum atomic E-state index is 10.5. The number of pyridine rings is 1. The molecule has 1 atom stereocenters. The molecule has 0 bridgehead atoms. The van der Waals surface area contributed by atoms with Gasteiger partial charge in [0.2, 0.25) is 0 Å². The van der Waals surface area contributed by atoms with Gasteiger partial charge in [0.15, 0.2) is 0 Å². The second-order valence-corrected chi connectivity index (χ2v) is 2.55. The molecule has 0 amide bonds. The first kappa shape index (κ1) is 6.38. The third kappa shape index (κ3) is 1.58. The van der Waals surface area contributed by atoms with Crippen LogP contribution in [0.3, 0.4) is 0 Å². The van der Waals surface area contributed by atoms with E-state index in [1.54, 1.807) is 18.3 Å². The molecule has 0 spiro atoms. The van der Waals surface area contributed by atoms with E-state index in [0.29, 0.717) is 4.90 Å². The van der Waals surface area contributed by atoms with E-state index in [2.05, 4.69) is 4.98 Å². The third-order valence-electron chi connectivity index (χ3n) is 0.867. The molecule has 1 aromatic rings. The number of nitrogens with zero attached hydrogens (tertiary/aromatic N) is 1. The van der Waals surface area contributed by atoms with Crippen molar-refractivity contribution in [2.24, 2.45) is 5.14 Å². The van der Waals surface area contributed by atoms with Crippen molar-refractivity contribution in [3.05, 3.63) is 24.5 Å². The van der Waals surface area contributed by atoms with Crippen LogP contribution in [0.25, 0.3) is 0 Å². The van der Waals surface area contributed by atoms with Crippen LogP contribution in [0.2, 0.25) is 0 Å². The van der Waals surface area contributed by atoms with Gasteiger partial charge in [0, 0.05) is 12.4 Å². The van der Waals surface area contributed by atoms with Crippen LogP contribution in [0.4, 0.5) is 0 Å². The Balaban J connectivity index is 2.98. The minimum absolute atomic E-state index is 0.553. The minimum Gasteiger partial charge on any atom is -0.263 e. The van der Waals surface area contributed by atoms with Crippen molar-refractivity contribution < 1.29 is 4.21 Å². The summed E-state index contributed by atoms with van der Waals surface area (Å²) in [7, 11) is -1.39. The summed E-state index contributed by atoms with van der Waals surface area (Å²) < 4.78 is 10.5. The van der Waals surface area contributed by atoms with Crippen LogP contribution in [0.15, 0.2) is 29.4 Å². The maximum absolute atomic E-state index is 10.5. The van der Waals surface area contributed by atoms with E-state index in [0.717, 1.165) is 0 Å². The lowest BCUT2D eigenvalue weighted by atomic mass is 10.5. The zero-order chi connectivity index (χ0) is 6.69. The highest BCUT2D eigenvalue weighted by molar-refractivity contribution is 7.82. The molecule has 0 radical (unpaired) electrons. The van der Waals surface area contributed by atoms with Gasteiger partial charge < -0.3 is 0 Å². The van der Waals surface area contributed by atoms with Crippen LogP contribution in [-0.2, 0) is 11.0 Å². The summed E-state index contributed by atoms with van der Waals surface area (Å²) in [6, 6.07) is 3.36. The normalized spacial score (nSPS) is 13.0. The predicted octanol–water partition coefficient (Wildman–Crippen LogP) is 0.0629. The molecular formula is C5H6N2OS. The van der Waals surface area contributed by atoms with Crippen LogP contribution in [-0.4, -0.2) is 9.19 Å². The Morgan fingerprint density at radius 2 is 2.44 bits per heavy atom. The van der Waals surface area contributed by atoms with Gasteiger partial charge in [-0.1, -0.05) is 0 Å². The lowest BCUT2D eigenvalue weighted by Gasteiger charge is -1.89. The maximum Gasteiger partial charge on any atom is 0.123 e. The molecule has 0 aliphatic rings. The summed E-state index contributed by atoms with van der Waals surface area (Å²) in [6.45, 7) is 0. The monoisotopic (exact) mass is 142 g/mol. The Bertz CT molecular complexity index is 211. The lowest BCUT2D eigenvalue weighted by Crippen LogP contribution is -2.02.